The van der Waals surface area contributed by atoms with Gasteiger partial charge in [-0.25, -0.2) is 17.9 Å². The van der Waals surface area contributed by atoms with E-state index in [0.717, 1.165) is 18.9 Å². The zero-order chi connectivity index (χ0) is 15.3. The number of sulfonamides is 1. The van der Waals surface area contributed by atoms with Crippen molar-refractivity contribution in [2.45, 2.75) is 23.8 Å². The van der Waals surface area contributed by atoms with Gasteiger partial charge in [0.15, 0.2) is 0 Å². The van der Waals surface area contributed by atoms with Crippen molar-refractivity contribution in [2.75, 3.05) is 13.2 Å². The molecule has 7 heteroatoms. The Labute approximate surface area is 123 Å². The van der Waals surface area contributed by atoms with Crippen LogP contribution in [-0.4, -0.2) is 38.7 Å². The van der Waals surface area contributed by atoms with Crippen LogP contribution in [0.15, 0.2) is 35.2 Å². The zero-order valence-corrected chi connectivity index (χ0v) is 12.2. The summed E-state index contributed by atoms with van der Waals surface area (Å²) in [6, 6.07) is 6.11. The first kappa shape index (κ1) is 15.7. The molecule has 1 aromatic carbocycles. The van der Waals surface area contributed by atoms with Crippen molar-refractivity contribution in [1.29, 1.82) is 0 Å². The quantitative estimate of drug-likeness (QED) is 0.771. The monoisotopic (exact) mass is 311 g/mol. The molecule has 0 amide bonds. The van der Waals surface area contributed by atoms with E-state index in [2.05, 4.69) is 4.72 Å². The Morgan fingerprint density at radius 1 is 1.48 bits per heavy atom. The number of hydrogen-bond donors (Lipinski definition) is 2. The van der Waals surface area contributed by atoms with Crippen molar-refractivity contribution in [3.63, 3.8) is 0 Å². The molecule has 1 aromatic rings. The van der Waals surface area contributed by atoms with Crippen LogP contribution >= 0.6 is 0 Å². The van der Waals surface area contributed by atoms with Gasteiger partial charge < -0.3 is 9.84 Å². The fraction of sp³-hybridized carbons (Fsp3) is 0.357. The Kier molecular flexibility index (Phi) is 5.11. The van der Waals surface area contributed by atoms with Gasteiger partial charge in [-0.2, -0.15) is 0 Å². The van der Waals surface area contributed by atoms with Gasteiger partial charge in [-0.1, -0.05) is 12.1 Å². The average Bonchev–Trinajstić information content (AvgIpc) is 2.97. The van der Waals surface area contributed by atoms with Crippen LogP contribution in [0.25, 0.3) is 6.08 Å². The number of carboxylic acids is 1. The topological polar surface area (TPSA) is 92.7 Å². The fourth-order valence-electron chi connectivity index (χ4n) is 2.04. The molecule has 1 saturated heterocycles. The van der Waals surface area contributed by atoms with Crippen LogP contribution in [0.1, 0.15) is 18.4 Å². The summed E-state index contributed by atoms with van der Waals surface area (Å²) in [5, 5.41) is 8.58. The number of hydrogen-bond acceptors (Lipinski definition) is 4. The highest BCUT2D eigenvalue weighted by Crippen LogP contribution is 2.15. The van der Waals surface area contributed by atoms with Gasteiger partial charge in [0.2, 0.25) is 10.0 Å². The highest BCUT2D eigenvalue weighted by atomic mass is 32.2. The summed E-state index contributed by atoms with van der Waals surface area (Å²) in [4.78, 5) is 10.6. The Hall–Kier alpha value is -1.70. The van der Waals surface area contributed by atoms with E-state index in [1.807, 2.05) is 0 Å². The molecule has 1 unspecified atom stereocenters. The van der Waals surface area contributed by atoms with E-state index in [0.29, 0.717) is 12.2 Å². The Morgan fingerprint density at radius 2 is 2.29 bits per heavy atom. The molecule has 1 heterocycles. The van der Waals surface area contributed by atoms with Crippen LogP contribution in [0.5, 0.6) is 0 Å². The molecule has 1 fully saturated rings. The molecule has 0 saturated carbocycles. The lowest BCUT2D eigenvalue weighted by Gasteiger charge is -2.11. The van der Waals surface area contributed by atoms with Gasteiger partial charge in [0, 0.05) is 19.2 Å². The molecule has 0 aromatic heterocycles. The first-order chi connectivity index (χ1) is 9.97. The summed E-state index contributed by atoms with van der Waals surface area (Å²) in [5.74, 6) is -1.08. The van der Waals surface area contributed by atoms with Crippen molar-refractivity contribution in [3.8, 4) is 0 Å². The largest absolute Gasteiger partial charge is 0.478 e. The molecule has 2 N–H and O–H groups in total. The third-order valence-electron chi connectivity index (χ3n) is 3.11. The number of carbonyl (C=O) groups is 1. The minimum absolute atomic E-state index is 0.0742. The summed E-state index contributed by atoms with van der Waals surface area (Å²) < 4.78 is 32.2. The van der Waals surface area contributed by atoms with E-state index < -0.39 is 16.0 Å². The average molecular weight is 311 g/mol. The van der Waals surface area contributed by atoms with Crippen LogP contribution in [0.2, 0.25) is 0 Å². The van der Waals surface area contributed by atoms with Crippen molar-refractivity contribution in [2.24, 2.45) is 0 Å². The first-order valence-electron chi connectivity index (χ1n) is 6.60. The van der Waals surface area contributed by atoms with Crippen molar-refractivity contribution >= 4 is 22.1 Å². The molecule has 0 radical (unpaired) electrons. The summed E-state index contributed by atoms with van der Waals surface area (Å²) in [6.07, 6.45) is 4.04. The van der Waals surface area contributed by atoms with E-state index in [9.17, 15) is 13.2 Å². The number of nitrogens with one attached hydrogen (secondary N) is 1. The maximum absolute atomic E-state index is 12.2. The molecule has 1 aliphatic heterocycles. The van der Waals surface area contributed by atoms with Crippen molar-refractivity contribution in [1.82, 2.24) is 4.72 Å². The molecule has 0 bridgehead atoms. The molecular formula is C14H17NO5S. The number of aliphatic carboxylic acids is 1. The Morgan fingerprint density at radius 3 is 2.95 bits per heavy atom. The predicted molar refractivity (Wildman–Crippen MR) is 77.3 cm³/mol. The molecule has 114 valence electrons. The standard InChI is InChI=1S/C14H17NO5S/c16-14(17)7-6-11-3-1-5-13(9-11)21(18,19)15-10-12-4-2-8-20-12/h1,3,5-7,9,12,15H,2,4,8,10H2,(H,16,17). The molecule has 1 atom stereocenters. The fourth-order valence-corrected chi connectivity index (χ4v) is 3.17. The maximum Gasteiger partial charge on any atom is 0.328 e. The highest BCUT2D eigenvalue weighted by Gasteiger charge is 2.20. The summed E-state index contributed by atoms with van der Waals surface area (Å²) in [7, 11) is -3.62. The van der Waals surface area contributed by atoms with Crippen LogP contribution in [0.3, 0.4) is 0 Å². The minimum Gasteiger partial charge on any atom is -0.478 e. The summed E-state index contributed by atoms with van der Waals surface area (Å²) in [6.45, 7) is 0.916. The van der Waals surface area contributed by atoms with Gasteiger partial charge in [-0.05, 0) is 36.6 Å². The third kappa shape index (κ3) is 4.66. The normalized spacial score (nSPS) is 19.1. The lowest BCUT2D eigenvalue weighted by Crippen LogP contribution is -2.31. The lowest BCUT2D eigenvalue weighted by atomic mass is 10.2. The lowest BCUT2D eigenvalue weighted by molar-refractivity contribution is -0.131. The third-order valence-corrected chi connectivity index (χ3v) is 4.53. The zero-order valence-electron chi connectivity index (χ0n) is 11.4. The summed E-state index contributed by atoms with van der Waals surface area (Å²) >= 11 is 0. The molecule has 1 aliphatic rings. The van der Waals surface area contributed by atoms with Crippen LogP contribution in [0, 0.1) is 0 Å². The summed E-state index contributed by atoms with van der Waals surface area (Å²) in [5.41, 5.74) is 0.511. The smallest absolute Gasteiger partial charge is 0.328 e. The van der Waals surface area contributed by atoms with E-state index in [4.69, 9.17) is 9.84 Å². The van der Waals surface area contributed by atoms with E-state index in [-0.39, 0.29) is 17.5 Å². The predicted octanol–water partition coefficient (Wildman–Crippen LogP) is 1.24. The van der Waals surface area contributed by atoms with E-state index in [1.54, 1.807) is 12.1 Å². The molecule has 0 spiro atoms. The molecule has 6 nitrogen and oxygen atoms in total. The molecule has 0 aliphatic carbocycles. The first-order valence-corrected chi connectivity index (χ1v) is 8.08. The van der Waals surface area contributed by atoms with Gasteiger partial charge in [-0.15, -0.1) is 0 Å². The number of ether oxygens (including phenoxy) is 1. The van der Waals surface area contributed by atoms with Crippen LogP contribution in [0.4, 0.5) is 0 Å². The van der Waals surface area contributed by atoms with Gasteiger partial charge >= 0.3 is 5.97 Å². The van der Waals surface area contributed by atoms with Crippen molar-refractivity contribution < 1.29 is 23.1 Å². The number of rotatable bonds is 6. The van der Waals surface area contributed by atoms with E-state index in [1.165, 1.54) is 18.2 Å². The minimum atomic E-state index is -3.62. The second-order valence-electron chi connectivity index (χ2n) is 4.73. The second kappa shape index (κ2) is 6.84. The van der Waals surface area contributed by atoms with E-state index >= 15 is 0 Å². The van der Waals surface area contributed by atoms with Gasteiger partial charge in [-0.3, -0.25) is 0 Å². The van der Waals surface area contributed by atoms with Crippen LogP contribution in [-0.2, 0) is 19.6 Å². The van der Waals surface area contributed by atoms with Gasteiger partial charge in [0.05, 0.1) is 11.0 Å². The Bertz CT molecular complexity index is 633. The SMILES string of the molecule is O=C(O)C=Cc1cccc(S(=O)(=O)NCC2CCCO2)c1. The van der Waals surface area contributed by atoms with Gasteiger partial charge in [0.1, 0.15) is 0 Å². The Balaban J connectivity index is 2.08. The second-order valence-corrected chi connectivity index (χ2v) is 6.50. The highest BCUT2D eigenvalue weighted by molar-refractivity contribution is 7.89. The van der Waals surface area contributed by atoms with Crippen molar-refractivity contribution in [3.05, 3.63) is 35.9 Å². The van der Waals surface area contributed by atoms with Gasteiger partial charge in [0.25, 0.3) is 0 Å². The number of benzene rings is 1. The molecular weight excluding hydrogens is 294 g/mol. The van der Waals surface area contributed by atoms with Crippen LogP contribution < -0.4 is 4.72 Å². The maximum atomic E-state index is 12.2. The molecule has 2 rings (SSSR count). The molecule has 21 heavy (non-hydrogen) atoms. The number of carboxylic acid groups (broad SMARTS) is 1.